The van der Waals surface area contributed by atoms with E-state index in [2.05, 4.69) is 15.6 Å². The topological polar surface area (TPSA) is 96.7 Å². The standard InChI is InChI=1S/C14H26N4O3/c15-17-13(19)4-2-1-3-7-18-8-9-21-10-12(18)14(20)16-11-5-6-11/h11-12H,1-10,15H2,(H,16,20)(H,17,19). The first-order valence-electron chi connectivity index (χ1n) is 7.82. The Balaban J connectivity index is 1.66. The zero-order valence-electron chi connectivity index (χ0n) is 12.5. The Morgan fingerprint density at radius 1 is 1.24 bits per heavy atom. The van der Waals surface area contributed by atoms with Crippen LogP contribution < -0.4 is 16.6 Å². The molecule has 2 amide bonds. The average Bonchev–Trinajstić information content (AvgIpc) is 3.31. The molecular weight excluding hydrogens is 272 g/mol. The number of hydrazine groups is 1. The van der Waals surface area contributed by atoms with E-state index in [1.165, 1.54) is 0 Å². The summed E-state index contributed by atoms with van der Waals surface area (Å²) in [4.78, 5) is 25.4. The van der Waals surface area contributed by atoms with Crippen molar-refractivity contribution in [2.75, 3.05) is 26.3 Å². The minimum absolute atomic E-state index is 0.0970. The van der Waals surface area contributed by atoms with Crippen molar-refractivity contribution in [3.63, 3.8) is 0 Å². The molecule has 4 N–H and O–H groups in total. The van der Waals surface area contributed by atoms with E-state index in [9.17, 15) is 9.59 Å². The van der Waals surface area contributed by atoms with Crippen LogP contribution in [0.2, 0.25) is 0 Å². The van der Waals surface area contributed by atoms with Gasteiger partial charge in [-0.15, -0.1) is 0 Å². The van der Waals surface area contributed by atoms with Crippen molar-refractivity contribution in [2.45, 2.75) is 50.6 Å². The van der Waals surface area contributed by atoms with E-state index in [0.717, 1.165) is 45.2 Å². The number of morpholine rings is 1. The Kier molecular flexibility index (Phi) is 6.41. The Bertz CT molecular complexity index is 360. The lowest BCUT2D eigenvalue weighted by atomic mass is 10.1. The number of amides is 2. The first kappa shape index (κ1) is 16.2. The zero-order valence-corrected chi connectivity index (χ0v) is 12.5. The van der Waals surface area contributed by atoms with E-state index in [1.54, 1.807) is 0 Å². The second-order valence-electron chi connectivity index (χ2n) is 5.79. The lowest BCUT2D eigenvalue weighted by Gasteiger charge is -2.34. The molecule has 120 valence electrons. The summed E-state index contributed by atoms with van der Waals surface area (Å²) in [6.45, 7) is 2.83. The van der Waals surface area contributed by atoms with E-state index < -0.39 is 0 Å². The molecule has 0 radical (unpaired) electrons. The van der Waals surface area contributed by atoms with Crippen molar-refractivity contribution in [1.82, 2.24) is 15.6 Å². The van der Waals surface area contributed by atoms with Crippen LogP contribution in [0.25, 0.3) is 0 Å². The molecule has 2 fully saturated rings. The Labute approximate surface area is 125 Å². The second-order valence-corrected chi connectivity index (χ2v) is 5.79. The molecule has 1 saturated heterocycles. The molecule has 2 aliphatic rings. The Morgan fingerprint density at radius 3 is 2.76 bits per heavy atom. The fourth-order valence-corrected chi connectivity index (χ4v) is 2.52. The molecule has 0 aromatic rings. The average molecular weight is 298 g/mol. The minimum Gasteiger partial charge on any atom is -0.378 e. The van der Waals surface area contributed by atoms with Crippen LogP contribution in [0.3, 0.4) is 0 Å². The molecule has 21 heavy (non-hydrogen) atoms. The summed E-state index contributed by atoms with van der Waals surface area (Å²) in [6, 6.07) is 0.225. The third-order valence-corrected chi connectivity index (χ3v) is 3.98. The fraction of sp³-hybridized carbons (Fsp3) is 0.857. The fourth-order valence-electron chi connectivity index (χ4n) is 2.52. The maximum absolute atomic E-state index is 12.2. The summed E-state index contributed by atoms with van der Waals surface area (Å²) in [5, 5.41) is 3.05. The van der Waals surface area contributed by atoms with Crippen molar-refractivity contribution in [2.24, 2.45) is 5.84 Å². The number of nitrogens with two attached hydrogens (primary N) is 1. The minimum atomic E-state index is -0.160. The highest BCUT2D eigenvalue weighted by Gasteiger charge is 2.32. The second kappa shape index (κ2) is 8.31. The Hall–Kier alpha value is -1.18. The predicted octanol–water partition coefficient (Wildman–Crippen LogP) is -0.484. The zero-order chi connectivity index (χ0) is 15.1. The van der Waals surface area contributed by atoms with E-state index in [0.29, 0.717) is 25.7 Å². The largest absolute Gasteiger partial charge is 0.378 e. The maximum Gasteiger partial charge on any atom is 0.239 e. The van der Waals surface area contributed by atoms with Gasteiger partial charge >= 0.3 is 0 Å². The van der Waals surface area contributed by atoms with Crippen LogP contribution in [0.5, 0.6) is 0 Å². The highest BCUT2D eigenvalue weighted by atomic mass is 16.5. The number of carbonyl (C=O) groups excluding carboxylic acids is 2. The predicted molar refractivity (Wildman–Crippen MR) is 78.1 cm³/mol. The normalized spacial score (nSPS) is 22.8. The van der Waals surface area contributed by atoms with Crippen molar-refractivity contribution in [3.05, 3.63) is 0 Å². The summed E-state index contributed by atoms with van der Waals surface area (Å²) in [6.07, 6.45) is 5.43. The summed E-state index contributed by atoms with van der Waals surface area (Å²) in [7, 11) is 0. The van der Waals surface area contributed by atoms with Gasteiger partial charge in [-0.25, -0.2) is 5.84 Å². The molecule has 0 aromatic carbocycles. The number of unbranched alkanes of at least 4 members (excludes halogenated alkanes) is 2. The van der Waals surface area contributed by atoms with Gasteiger partial charge in [-0.05, 0) is 32.2 Å². The molecule has 0 bridgehead atoms. The molecule has 7 nitrogen and oxygen atoms in total. The molecule has 1 aliphatic heterocycles. The lowest BCUT2D eigenvalue weighted by molar-refractivity contribution is -0.132. The van der Waals surface area contributed by atoms with Gasteiger partial charge in [0, 0.05) is 19.0 Å². The SMILES string of the molecule is NNC(=O)CCCCCN1CCOCC1C(=O)NC1CC1. The van der Waals surface area contributed by atoms with Gasteiger partial charge in [-0.3, -0.25) is 19.9 Å². The third kappa shape index (κ3) is 5.61. The van der Waals surface area contributed by atoms with Crippen molar-refractivity contribution >= 4 is 11.8 Å². The third-order valence-electron chi connectivity index (χ3n) is 3.98. The van der Waals surface area contributed by atoms with Gasteiger partial charge in [-0.2, -0.15) is 0 Å². The first-order chi connectivity index (χ1) is 10.2. The van der Waals surface area contributed by atoms with Gasteiger partial charge in [-0.1, -0.05) is 6.42 Å². The number of hydrogen-bond acceptors (Lipinski definition) is 5. The summed E-state index contributed by atoms with van der Waals surface area (Å²) < 4.78 is 5.44. The van der Waals surface area contributed by atoms with Crippen molar-refractivity contribution < 1.29 is 14.3 Å². The Morgan fingerprint density at radius 2 is 2.05 bits per heavy atom. The highest BCUT2D eigenvalue weighted by Crippen LogP contribution is 2.19. The lowest BCUT2D eigenvalue weighted by Crippen LogP contribution is -2.54. The van der Waals surface area contributed by atoms with Gasteiger partial charge in [0.05, 0.1) is 13.2 Å². The molecule has 2 rings (SSSR count). The van der Waals surface area contributed by atoms with Crippen LogP contribution in [0.4, 0.5) is 0 Å². The molecular formula is C14H26N4O3. The molecule has 1 saturated carbocycles. The van der Waals surface area contributed by atoms with Crippen molar-refractivity contribution in [3.8, 4) is 0 Å². The number of hydrogen-bond donors (Lipinski definition) is 3. The van der Waals surface area contributed by atoms with E-state index in [-0.39, 0.29) is 17.9 Å². The van der Waals surface area contributed by atoms with E-state index in [4.69, 9.17) is 10.6 Å². The summed E-state index contributed by atoms with van der Waals surface area (Å²) in [5.74, 6) is 5.01. The van der Waals surface area contributed by atoms with Gasteiger partial charge in [0.1, 0.15) is 6.04 Å². The molecule has 1 heterocycles. The highest BCUT2D eigenvalue weighted by molar-refractivity contribution is 5.82. The van der Waals surface area contributed by atoms with Crippen molar-refractivity contribution in [1.29, 1.82) is 0 Å². The number of nitrogens with one attached hydrogen (secondary N) is 2. The molecule has 1 atom stereocenters. The molecule has 0 spiro atoms. The number of rotatable bonds is 8. The van der Waals surface area contributed by atoms with Crippen LogP contribution in [-0.2, 0) is 14.3 Å². The van der Waals surface area contributed by atoms with Gasteiger partial charge in [0.2, 0.25) is 11.8 Å². The maximum atomic E-state index is 12.2. The van der Waals surface area contributed by atoms with Crippen LogP contribution >= 0.6 is 0 Å². The van der Waals surface area contributed by atoms with E-state index >= 15 is 0 Å². The monoisotopic (exact) mass is 298 g/mol. The summed E-state index contributed by atoms with van der Waals surface area (Å²) in [5.41, 5.74) is 2.13. The quantitative estimate of drug-likeness (QED) is 0.243. The number of ether oxygens (including phenoxy) is 1. The summed E-state index contributed by atoms with van der Waals surface area (Å²) >= 11 is 0. The van der Waals surface area contributed by atoms with E-state index in [1.807, 2.05) is 0 Å². The molecule has 1 aliphatic carbocycles. The number of carbonyl (C=O) groups is 2. The molecule has 0 aromatic heterocycles. The smallest absolute Gasteiger partial charge is 0.239 e. The van der Waals surface area contributed by atoms with Crippen LogP contribution in [0.15, 0.2) is 0 Å². The molecule has 7 heteroatoms. The number of nitrogens with zero attached hydrogens (tertiary/aromatic N) is 1. The molecule has 1 unspecified atom stereocenters. The van der Waals surface area contributed by atoms with Gasteiger partial charge in [0.15, 0.2) is 0 Å². The van der Waals surface area contributed by atoms with Crippen LogP contribution in [-0.4, -0.2) is 55.1 Å². The van der Waals surface area contributed by atoms with Crippen LogP contribution in [0, 0.1) is 0 Å². The van der Waals surface area contributed by atoms with Crippen LogP contribution in [0.1, 0.15) is 38.5 Å². The first-order valence-corrected chi connectivity index (χ1v) is 7.82. The van der Waals surface area contributed by atoms with Gasteiger partial charge in [0.25, 0.3) is 0 Å². The van der Waals surface area contributed by atoms with Gasteiger partial charge < -0.3 is 10.1 Å².